The molecule has 1 saturated heterocycles. The lowest BCUT2D eigenvalue weighted by atomic mass is 10.1. The first-order chi connectivity index (χ1) is 9.76. The molecular weight excluding hydrogens is 290 g/mol. The Bertz CT molecular complexity index is 676. The number of rotatable bonds is 1. The molecule has 4 nitrogen and oxygen atoms in total. The lowest BCUT2D eigenvalue weighted by molar-refractivity contribution is -0.380. The number of nitrogens with zero attached hydrogens (tertiary/aromatic N) is 2. The largest absolute Gasteiger partial charge is 0.397 e. The quantitative estimate of drug-likeness (QED) is 0.823. The number of benzene rings is 1. The van der Waals surface area contributed by atoms with Gasteiger partial charge >= 0.3 is 12.2 Å². The average Bonchev–Trinajstić information content (AvgIpc) is 2.35. The van der Waals surface area contributed by atoms with Gasteiger partial charge in [-0.05, 0) is 12.1 Å². The maximum absolute atomic E-state index is 13.3. The number of nitrogens with two attached hydrogens (primary N) is 1. The molecule has 1 aliphatic rings. The van der Waals surface area contributed by atoms with Crippen molar-refractivity contribution in [2.75, 3.05) is 23.7 Å². The summed E-state index contributed by atoms with van der Waals surface area (Å²) in [4.78, 5) is 4.78. The van der Waals surface area contributed by atoms with Gasteiger partial charge in [0, 0.05) is 22.7 Å². The molecule has 2 aromatic rings. The lowest BCUT2D eigenvalue weighted by Crippen LogP contribution is -2.55. The van der Waals surface area contributed by atoms with Crippen LogP contribution >= 0.6 is 0 Å². The average molecular weight is 301 g/mol. The van der Waals surface area contributed by atoms with Crippen LogP contribution in [-0.2, 0) is 4.74 Å². The number of pyridine rings is 1. The van der Waals surface area contributed by atoms with E-state index in [1.165, 1.54) is 18.3 Å². The molecule has 0 amide bonds. The van der Waals surface area contributed by atoms with Crippen LogP contribution in [0.2, 0.25) is 0 Å². The molecule has 2 heterocycles. The van der Waals surface area contributed by atoms with Crippen LogP contribution in [0.3, 0.4) is 0 Å². The number of hydrogen-bond acceptors (Lipinski definition) is 4. The Hall–Kier alpha value is -2.09. The first kappa shape index (κ1) is 13.9. The summed E-state index contributed by atoms with van der Waals surface area (Å²) in [7, 11) is 0. The normalized spacial score (nSPS) is 20.7. The zero-order chi connectivity index (χ0) is 15.3. The topological polar surface area (TPSA) is 51.4 Å². The predicted molar refractivity (Wildman–Crippen MR) is 69.3 cm³/mol. The minimum atomic E-state index is -3.92. The maximum Gasteiger partial charge on any atom is 0.377 e. The number of nitrogen functional groups attached to an aromatic ring is 1. The molecule has 8 heteroatoms. The van der Waals surface area contributed by atoms with Crippen molar-refractivity contribution in [3.8, 4) is 0 Å². The molecule has 0 spiro atoms. The summed E-state index contributed by atoms with van der Waals surface area (Å²) < 4.78 is 56.5. The van der Waals surface area contributed by atoms with Gasteiger partial charge in [-0.2, -0.15) is 17.6 Å². The van der Waals surface area contributed by atoms with Gasteiger partial charge in [-0.3, -0.25) is 9.72 Å². The first-order valence-electron chi connectivity index (χ1n) is 6.10. The van der Waals surface area contributed by atoms with E-state index in [0.717, 1.165) is 4.90 Å². The van der Waals surface area contributed by atoms with Crippen molar-refractivity contribution in [1.82, 2.24) is 4.98 Å². The molecule has 0 atom stereocenters. The highest BCUT2D eigenvalue weighted by atomic mass is 19.3. The summed E-state index contributed by atoms with van der Waals surface area (Å²) >= 11 is 0. The van der Waals surface area contributed by atoms with Crippen molar-refractivity contribution in [2.24, 2.45) is 0 Å². The number of aromatic nitrogens is 1. The second kappa shape index (κ2) is 4.45. The monoisotopic (exact) mass is 301 g/mol. The van der Waals surface area contributed by atoms with Crippen molar-refractivity contribution in [2.45, 2.75) is 12.2 Å². The van der Waals surface area contributed by atoms with Crippen LogP contribution in [0.4, 0.5) is 28.9 Å². The maximum atomic E-state index is 13.3. The van der Waals surface area contributed by atoms with E-state index in [0.29, 0.717) is 16.5 Å². The SMILES string of the molecule is Nc1cncc2ccc(N3CC(F)(F)OC(F)(F)C3)cc12. The fraction of sp³-hybridized carbons (Fsp3) is 0.308. The molecule has 0 bridgehead atoms. The standard InChI is InChI=1S/C13H11F4N3O/c14-12(15)6-20(7-13(16,17)21-12)9-2-1-8-4-19-5-11(18)10(8)3-9/h1-5H,6-7,18H2. The Morgan fingerprint density at radius 3 is 2.43 bits per heavy atom. The molecule has 1 aromatic carbocycles. The number of fused-ring (bicyclic) bond motifs is 1. The van der Waals surface area contributed by atoms with Gasteiger partial charge < -0.3 is 10.6 Å². The van der Waals surface area contributed by atoms with Crippen LogP contribution < -0.4 is 10.6 Å². The Morgan fingerprint density at radius 1 is 1.10 bits per heavy atom. The number of halogens is 4. The van der Waals surface area contributed by atoms with Crippen LogP contribution in [0.5, 0.6) is 0 Å². The minimum absolute atomic E-state index is 0.225. The smallest absolute Gasteiger partial charge is 0.377 e. The number of hydrogen-bond donors (Lipinski definition) is 1. The summed E-state index contributed by atoms with van der Waals surface area (Å²) in [6, 6.07) is 4.56. The Morgan fingerprint density at radius 2 is 1.76 bits per heavy atom. The van der Waals surface area contributed by atoms with Gasteiger partial charge in [0.1, 0.15) is 13.1 Å². The van der Waals surface area contributed by atoms with Gasteiger partial charge in [-0.1, -0.05) is 6.07 Å². The Kier molecular flexibility index (Phi) is 2.94. The summed E-state index contributed by atoms with van der Waals surface area (Å²) in [5.41, 5.74) is 6.33. The third-order valence-electron chi connectivity index (χ3n) is 3.19. The van der Waals surface area contributed by atoms with E-state index in [-0.39, 0.29) is 5.69 Å². The third-order valence-corrected chi connectivity index (χ3v) is 3.19. The molecule has 1 aliphatic heterocycles. The first-order valence-corrected chi connectivity index (χ1v) is 6.10. The van der Waals surface area contributed by atoms with Crippen molar-refractivity contribution in [3.05, 3.63) is 30.6 Å². The van der Waals surface area contributed by atoms with E-state index >= 15 is 0 Å². The van der Waals surface area contributed by atoms with E-state index in [9.17, 15) is 17.6 Å². The summed E-state index contributed by atoms with van der Waals surface area (Å²) in [6.07, 6.45) is -4.87. The lowest BCUT2D eigenvalue weighted by Gasteiger charge is -2.38. The molecule has 21 heavy (non-hydrogen) atoms. The molecule has 3 rings (SSSR count). The van der Waals surface area contributed by atoms with E-state index in [1.807, 2.05) is 0 Å². The minimum Gasteiger partial charge on any atom is -0.397 e. The number of ether oxygens (including phenoxy) is 1. The Labute approximate surface area is 117 Å². The van der Waals surface area contributed by atoms with E-state index < -0.39 is 25.3 Å². The van der Waals surface area contributed by atoms with Crippen LogP contribution in [0.15, 0.2) is 30.6 Å². The fourth-order valence-corrected chi connectivity index (χ4v) is 2.34. The molecule has 112 valence electrons. The molecule has 0 aliphatic carbocycles. The molecule has 0 unspecified atom stereocenters. The van der Waals surface area contributed by atoms with Gasteiger partial charge in [0.25, 0.3) is 0 Å². The van der Waals surface area contributed by atoms with Gasteiger partial charge in [0.05, 0.1) is 11.9 Å². The zero-order valence-electron chi connectivity index (χ0n) is 10.7. The highest BCUT2D eigenvalue weighted by Crippen LogP contribution is 2.36. The number of morpholine rings is 1. The molecule has 1 fully saturated rings. The predicted octanol–water partition coefficient (Wildman–Crippen LogP) is 2.84. The van der Waals surface area contributed by atoms with E-state index in [4.69, 9.17) is 5.73 Å². The van der Waals surface area contributed by atoms with Crippen LogP contribution in [0, 0.1) is 0 Å². The molecule has 2 N–H and O–H groups in total. The van der Waals surface area contributed by atoms with Crippen molar-refractivity contribution in [1.29, 1.82) is 0 Å². The number of alkyl halides is 4. The van der Waals surface area contributed by atoms with Crippen LogP contribution in [0.25, 0.3) is 10.8 Å². The number of anilines is 2. The highest BCUT2D eigenvalue weighted by molar-refractivity contribution is 5.94. The summed E-state index contributed by atoms with van der Waals surface area (Å²) in [6.45, 7) is -1.89. The van der Waals surface area contributed by atoms with Crippen LogP contribution in [0.1, 0.15) is 0 Å². The summed E-state index contributed by atoms with van der Waals surface area (Å²) in [5, 5.41) is 1.27. The second-order valence-corrected chi connectivity index (χ2v) is 4.87. The van der Waals surface area contributed by atoms with Gasteiger partial charge in [-0.25, -0.2) is 0 Å². The fourth-order valence-electron chi connectivity index (χ4n) is 2.34. The molecule has 0 radical (unpaired) electrons. The van der Waals surface area contributed by atoms with Gasteiger partial charge in [0.15, 0.2) is 0 Å². The molecular formula is C13H11F4N3O. The van der Waals surface area contributed by atoms with Crippen molar-refractivity contribution in [3.63, 3.8) is 0 Å². The Balaban J connectivity index is 2.02. The zero-order valence-corrected chi connectivity index (χ0v) is 10.7. The van der Waals surface area contributed by atoms with Crippen molar-refractivity contribution >= 4 is 22.1 Å². The van der Waals surface area contributed by atoms with Crippen LogP contribution in [-0.4, -0.2) is 30.3 Å². The molecule has 1 aromatic heterocycles. The van der Waals surface area contributed by atoms with Crippen molar-refractivity contribution < 1.29 is 22.3 Å². The highest BCUT2D eigenvalue weighted by Gasteiger charge is 2.51. The molecule has 0 saturated carbocycles. The van der Waals surface area contributed by atoms with Gasteiger partial charge in [0.2, 0.25) is 0 Å². The van der Waals surface area contributed by atoms with Gasteiger partial charge in [-0.15, -0.1) is 0 Å². The van der Waals surface area contributed by atoms with E-state index in [1.54, 1.807) is 12.3 Å². The van der Waals surface area contributed by atoms with E-state index in [2.05, 4.69) is 9.72 Å². The second-order valence-electron chi connectivity index (χ2n) is 4.87. The third kappa shape index (κ3) is 2.71. The summed E-state index contributed by atoms with van der Waals surface area (Å²) in [5.74, 6) is 0.